The normalized spacial score (nSPS) is 15.1. The maximum atomic E-state index is 12.9. The van der Waals surface area contributed by atoms with Crippen LogP contribution in [0.1, 0.15) is 11.1 Å². The summed E-state index contributed by atoms with van der Waals surface area (Å²) in [6.07, 6.45) is 0. The molecular weight excluding hydrogens is 398 g/mol. The first-order valence-corrected chi connectivity index (χ1v) is 10.5. The minimum atomic E-state index is -3.68. The lowest BCUT2D eigenvalue weighted by molar-refractivity contribution is 0.311. The fourth-order valence-corrected chi connectivity index (χ4v) is 4.22. The molecule has 0 saturated carbocycles. The topological polar surface area (TPSA) is 61.9 Å². The van der Waals surface area contributed by atoms with E-state index in [1.54, 1.807) is 31.4 Å². The number of methoxy groups -OCH3 is 1. The molecule has 1 saturated heterocycles. The minimum absolute atomic E-state index is 0. The fourth-order valence-electron chi connectivity index (χ4n) is 3.15. The first-order chi connectivity index (χ1) is 12.8. The summed E-state index contributed by atoms with van der Waals surface area (Å²) in [7, 11) is 0.0113. The Bertz CT molecular complexity index is 926. The summed E-state index contributed by atoms with van der Waals surface area (Å²) >= 11 is 0. The molecule has 1 aliphatic rings. The smallest absolute Gasteiger partial charge is 0.261 e. The molecule has 1 heterocycles. The molecule has 1 fully saturated rings. The van der Waals surface area contributed by atoms with Gasteiger partial charge in [-0.3, -0.25) is 4.72 Å². The second kappa shape index (κ2) is 9.03. The van der Waals surface area contributed by atoms with Gasteiger partial charge in [0, 0.05) is 31.9 Å². The molecule has 0 aromatic heterocycles. The average molecular weight is 426 g/mol. The molecule has 0 amide bonds. The van der Waals surface area contributed by atoms with Gasteiger partial charge >= 0.3 is 0 Å². The van der Waals surface area contributed by atoms with Crippen molar-refractivity contribution in [3.63, 3.8) is 0 Å². The Labute approximate surface area is 173 Å². The molecule has 0 atom stereocenters. The molecule has 1 N–H and O–H groups in total. The van der Waals surface area contributed by atoms with Gasteiger partial charge in [-0.15, -0.1) is 12.4 Å². The van der Waals surface area contributed by atoms with Gasteiger partial charge in [0.2, 0.25) is 0 Å². The zero-order valence-electron chi connectivity index (χ0n) is 16.7. The molecule has 28 heavy (non-hydrogen) atoms. The van der Waals surface area contributed by atoms with Crippen molar-refractivity contribution in [2.75, 3.05) is 50.0 Å². The molecule has 1 aliphatic heterocycles. The predicted molar refractivity (Wildman–Crippen MR) is 117 cm³/mol. The number of piperazine rings is 1. The minimum Gasteiger partial charge on any atom is -0.495 e. The summed E-state index contributed by atoms with van der Waals surface area (Å²) in [5, 5.41) is 0. The highest BCUT2D eigenvalue weighted by Crippen LogP contribution is 2.32. The molecule has 2 aromatic carbocycles. The first-order valence-electron chi connectivity index (χ1n) is 9.02. The van der Waals surface area contributed by atoms with Gasteiger partial charge in [-0.1, -0.05) is 6.07 Å². The summed E-state index contributed by atoms with van der Waals surface area (Å²) < 4.78 is 34.0. The number of halogens is 1. The number of nitrogens with zero attached hydrogens (tertiary/aromatic N) is 2. The van der Waals surface area contributed by atoms with Gasteiger partial charge in [-0.05, 0) is 62.4 Å². The van der Waals surface area contributed by atoms with Gasteiger partial charge in [0.25, 0.3) is 10.0 Å². The summed E-state index contributed by atoms with van der Waals surface area (Å²) in [6, 6.07) is 10.6. The fraction of sp³-hybridized carbons (Fsp3) is 0.400. The van der Waals surface area contributed by atoms with E-state index in [-0.39, 0.29) is 17.3 Å². The lowest BCUT2D eigenvalue weighted by atomic mass is 10.1. The van der Waals surface area contributed by atoms with Crippen molar-refractivity contribution in [3.05, 3.63) is 47.5 Å². The van der Waals surface area contributed by atoms with E-state index < -0.39 is 10.0 Å². The summed E-state index contributed by atoms with van der Waals surface area (Å²) in [4.78, 5) is 4.66. The molecule has 6 nitrogen and oxygen atoms in total. The van der Waals surface area contributed by atoms with Crippen LogP contribution in [0.2, 0.25) is 0 Å². The zero-order chi connectivity index (χ0) is 19.6. The Kier molecular flexibility index (Phi) is 7.20. The van der Waals surface area contributed by atoms with Crippen molar-refractivity contribution in [3.8, 4) is 5.75 Å². The van der Waals surface area contributed by atoms with E-state index in [0.717, 1.165) is 43.0 Å². The number of anilines is 2. The lowest BCUT2D eigenvalue weighted by Crippen LogP contribution is -2.44. The van der Waals surface area contributed by atoms with Crippen LogP contribution in [0.3, 0.4) is 0 Å². The number of benzene rings is 2. The van der Waals surface area contributed by atoms with Crippen LogP contribution in [0.4, 0.5) is 11.4 Å². The standard InChI is InChI=1S/C20H27N3O3S.ClH/c1-15-5-6-17(13-16(15)2)21-27(24,25)18-7-8-20(26-4)19(14-18)23-11-9-22(3)10-12-23;/h5-8,13-14,21H,9-12H2,1-4H3;1H. The summed E-state index contributed by atoms with van der Waals surface area (Å²) in [5.41, 5.74) is 3.55. The molecule has 0 radical (unpaired) electrons. The number of hydrogen-bond acceptors (Lipinski definition) is 5. The number of likely N-dealkylation sites (N-methyl/N-ethyl adjacent to an activating group) is 1. The van der Waals surface area contributed by atoms with Gasteiger partial charge in [-0.2, -0.15) is 0 Å². The van der Waals surface area contributed by atoms with Gasteiger partial charge in [0.1, 0.15) is 5.75 Å². The maximum absolute atomic E-state index is 12.9. The lowest BCUT2D eigenvalue weighted by Gasteiger charge is -2.34. The van der Waals surface area contributed by atoms with Gasteiger partial charge in [0.15, 0.2) is 0 Å². The molecular formula is C20H28ClN3O3S. The third kappa shape index (κ3) is 4.90. The van der Waals surface area contributed by atoms with Gasteiger partial charge in [-0.25, -0.2) is 8.42 Å². The Morgan fingerprint density at radius 3 is 2.25 bits per heavy atom. The molecule has 2 aromatic rings. The van der Waals surface area contributed by atoms with Crippen LogP contribution in [0.15, 0.2) is 41.3 Å². The predicted octanol–water partition coefficient (Wildman–Crippen LogP) is 3.29. The molecule has 8 heteroatoms. The Morgan fingerprint density at radius 1 is 0.964 bits per heavy atom. The highest BCUT2D eigenvalue weighted by molar-refractivity contribution is 7.92. The first kappa shape index (κ1) is 22.3. The van der Waals surface area contributed by atoms with Gasteiger partial charge in [0.05, 0.1) is 17.7 Å². The van der Waals surface area contributed by atoms with E-state index in [1.165, 1.54) is 0 Å². The summed E-state index contributed by atoms with van der Waals surface area (Å²) in [6.45, 7) is 7.50. The van der Waals surface area contributed by atoms with Crippen molar-refractivity contribution >= 4 is 33.8 Å². The number of rotatable bonds is 5. The van der Waals surface area contributed by atoms with Crippen molar-refractivity contribution in [1.82, 2.24) is 4.90 Å². The van der Waals surface area contributed by atoms with Crippen LogP contribution in [-0.4, -0.2) is 53.7 Å². The molecule has 0 unspecified atom stereocenters. The number of hydrogen-bond donors (Lipinski definition) is 1. The van der Waals surface area contributed by atoms with Crippen LogP contribution in [-0.2, 0) is 10.0 Å². The second-order valence-corrected chi connectivity index (χ2v) is 8.71. The number of sulfonamides is 1. The molecule has 0 aliphatic carbocycles. The Morgan fingerprint density at radius 2 is 1.64 bits per heavy atom. The largest absolute Gasteiger partial charge is 0.495 e. The van der Waals surface area contributed by atoms with Crippen LogP contribution < -0.4 is 14.4 Å². The van der Waals surface area contributed by atoms with E-state index in [0.29, 0.717) is 11.4 Å². The van der Waals surface area contributed by atoms with E-state index in [1.807, 2.05) is 26.0 Å². The van der Waals surface area contributed by atoms with Crippen LogP contribution in [0.25, 0.3) is 0 Å². The Balaban J connectivity index is 0.00000280. The highest BCUT2D eigenvalue weighted by atomic mass is 35.5. The van der Waals surface area contributed by atoms with Gasteiger partial charge < -0.3 is 14.5 Å². The Hall–Kier alpha value is -1.96. The van der Waals surface area contributed by atoms with Crippen molar-refractivity contribution in [2.45, 2.75) is 18.7 Å². The third-order valence-electron chi connectivity index (χ3n) is 5.06. The average Bonchev–Trinajstić information content (AvgIpc) is 2.64. The highest BCUT2D eigenvalue weighted by Gasteiger charge is 2.22. The monoisotopic (exact) mass is 425 g/mol. The molecule has 0 spiro atoms. The summed E-state index contributed by atoms with van der Waals surface area (Å²) in [5.74, 6) is 0.685. The SMILES string of the molecule is COc1ccc(S(=O)(=O)Nc2ccc(C)c(C)c2)cc1N1CCN(C)CC1.Cl. The van der Waals surface area contributed by atoms with E-state index >= 15 is 0 Å². The quantitative estimate of drug-likeness (QED) is 0.796. The van der Waals surface area contributed by atoms with Crippen LogP contribution in [0.5, 0.6) is 5.75 Å². The van der Waals surface area contributed by atoms with E-state index in [9.17, 15) is 8.42 Å². The van der Waals surface area contributed by atoms with Crippen molar-refractivity contribution in [2.24, 2.45) is 0 Å². The number of aryl methyl sites for hydroxylation is 2. The zero-order valence-corrected chi connectivity index (χ0v) is 18.4. The van der Waals surface area contributed by atoms with Crippen LogP contribution in [0, 0.1) is 13.8 Å². The van der Waals surface area contributed by atoms with Crippen molar-refractivity contribution < 1.29 is 13.2 Å². The second-order valence-electron chi connectivity index (χ2n) is 7.03. The number of nitrogens with one attached hydrogen (secondary N) is 1. The molecule has 154 valence electrons. The molecule has 3 rings (SSSR count). The third-order valence-corrected chi connectivity index (χ3v) is 6.44. The van der Waals surface area contributed by atoms with E-state index in [2.05, 4.69) is 21.6 Å². The maximum Gasteiger partial charge on any atom is 0.261 e. The van der Waals surface area contributed by atoms with Crippen molar-refractivity contribution in [1.29, 1.82) is 0 Å². The van der Waals surface area contributed by atoms with E-state index in [4.69, 9.17) is 4.74 Å². The molecule has 0 bridgehead atoms. The number of ether oxygens (including phenoxy) is 1. The van der Waals surface area contributed by atoms with Crippen LogP contribution >= 0.6 is 12.4 Å².